The summed E-state index contributed by atoms with van der Waals surface area (Å²) < 4.78 is 109. The van der Waals surface area contributed by atoms with Crippen molar-refractivity contribution in [2.24, 2.45) is 0 Å². The van der Waals surface area contributed by atoms with Crippen molar-refractivity contribution in [1.29, 1.82) is 0 Å². The summed E-state index contributed by atoms with van der Waals surface area (Å²) in [6, 6.07) is 8.53. The molecule has 2 aromatic carbocycles. The summed E-state index contributed by atoms with van der Waals surface area (Å²) in [5.74, 6) is -1.22. The summed E-state index contributed by atoms with van der Waals surface area (Å²) in [6.45, 7) is -3.11. The number of nitrogens with one attached hydrogen (secondary N) is 1. The lowest BCUT2D eigenvalue weighted by molar-refractivity contribution is -0.143. The average molecular weight is 493 g/mol. The molecule has 0 unspecified atom stereocenters. The quantitative estimate of drug-likeness (QED) is 0.444. The third kappa shape index (κ3) is 6.02. The molecular formula is C21H15F8N3O2. The van der Waals surface area contributed by atoms with Crippen molar-refractivity contribution in [2.75, 3.05) is 6.54 Å². The topological polar surface area (TPSA) is 56.1 Å². The van der Waals surface area contributed by atoms with Gasteiger partial charge in [0.25, 0.3) is 5.91 Å². The van der Waals surface area contributed by atoms with E-state index in [0.29, 0.717) is 23.9 Å². The van der Waals surface area contributed by atoms with Gasteiger partial charge in [-0.2, -0.15) is 40.2 Å². The van der Waals surface area contributed by atoms with Crippen molar-refractivity contribution in [1.82, 2.24) is 15.1 Å². The highest BCUT2D eigenvalue weighted by atomic mass is 19.4. The molecule has 0 fully saturated rings. The van der Waals surface area contributed by atoms with E-state index in [-0.39, 0.29) is 23.4 Å². The fourth-order valence-corrected chi connectivity index (χ4v) is 3.05. The van der Waals surface area contributed by atoms with Crippen LogP contribution in [0.3, 0.4) is 0 Å². The van der Waals surface area contributed by atoms with Crippen LogP contribution in [0.1, 0.15) is 27.2 Å². The second-order valence-electron chi connectivity index (χ2n) is 6.89. The normalized spacial score (nSPS) is 12.1. The number of halogens is 8. The SMILES string of the molecule is O=C(NCCc1ccc(OC(F)F)cc1)c1cnn(-c2cccc(C(F)(F)F)c2)c1C(F)(F)F. The summed E-state index contributed by atoms with van der Waals surface area (Å²) in [7, 11) is 0. The van der Waals surface area contributed by atoms with E-state index < -0.39 is 47.4 Å². The van der Waals surface area contributed by atoms with Gasteiger partial charge in [-0.1, -0.05) is 18.2 Å². The Balaban J connectivity index is 1.77. The Morgan fingerprint density at radius 3 is 2.26 bits per heavy atom. The fourth-order valence-electron chi connectivity index (χ4n) is 3.05. The number of benzene rings is 2. The average Bonchev–Trinajstić information content (AvgIpc) is 3.20. The molecule has 34 heavy (non-hydrogen) atoms. The molecule has 0 saturated carbocycles. The highest BCUT2D eigenvalue weighted by Crippen LogP contribution is 2.35. The van der Waals surface area contributed by atoms with Gasteiger partial charge in [-0.25, -0.2) is 4.68 Å². The minimum Gasteiger partial charge on any atom is -0.435 e. The molecule has 0 saturated heterocycles. The molecule has 0 radical (unpaired) electrons. The number of hydrogen-bond acceptors (Lipinski definition) is 3. The number of carbonyl (C=O) groups excluding carboxylic acids is 1. The van der Waals surface area contributed by atoms with Crippen LogP contribution in [0.25, 0.3) is 5.69 Å². The smallest absolute Gasteiger partial charge is 0.434 e. The molecule has 0 aliphatic heterocycles. The number of hydrogen-bond donors (Lipinski definition) is 1. The Hall–Kier alpha value is -3.64. The monoisotopic (exact) mass is 493 g/mol. The zero-order valence-electron chi connectivity index (χ0n) is 16.9. The molecule has 13 heteroatoms. The number of rotatable bonds is 7. The molecule has 0 spiro atoms. The van der Waals surface area contributed by atoms with E-state index in [1.165, 1.54) is 24.3 Å². The molecular weight excluding hydrogens is 478 g/mol. The molecule has 182 valence electrons. The summed E-state index contributed by atoms with van der Waals surface area (Å²) in [4.78, 5) is 12.4. The largest absolute Gasteiger partial charge is 0.435 e. The summed E-state index contributed by atoms with van der Waals surface area (Å²) in [5.41, 5.74) is -3.52. The maximum Gasteiger partial charge on any atom is 0.434 e. The second kappa shape index (κ2) is 9.69. The highest BCUT2D eigenvalue weighted by molar-refractivity contribution is 5.95. The standard InChI is InChI=1S/C21H15F8N3O2/c22-19(23)34-15-6-4-12(5-7-15)8-9-30-18(33)16-11-31-32(17(16)21(27,28)29)14-3-1-2-13(10-14)20(24,25)26/h1-7,10-11,19H,8-9H2,(H,30,33). The first-order valence-electron chi connectivity index (χ1n) is 9.51. The maximum atomic E-state index is 13.7. The first-order valence-corrected chi connectivity index (χ1v) is 9.51. The Labute approximate surface area is 186 Å². The summed E-state index contributed by atoms with van der Waals surface area (Å²) in [6.07, 6.45) is -9.11. The van der Waals surface area contributed by atoms with Crippen LogP contribution < -0.4 is 10.1 Å². The number of amides is 1. The molecule has 0 atom stereocenters. The third-order valence-corrected chi connectivity index (χ3v) is 4.55. The van der Waals surface area contributed by atoms with Crippen LogP contribution in [0.5, 0.6) is 5.75 Å². The van der Waals surface area contributed by atoms with E-state index in [4.69, 9.17) is 0 Å². The molecule has 0 aliphatic carbocycles. The second-order valence-corrected chi connectivity index (χ2v) is 6.89. The van der Waals surface area contributed by atoms with E-state index in [0.717, 1.165) is 12.1 Å². The van der Waals surface area contributed by atoms with E-state index in [2.05, 4.69) is 15.2 Å². The number of alkyl halides is 8. The van der Waals surface area contributed by atoms with E-state index in [1.54, 1.807) is 0 Å². The lowest BCUT2D eigenvalue weighted by Crippen LogP contribution is -2.28. The Morgan fingerprint density at radius 1 is 1.00 bits per heavy atom. The molecule has 1 amide bonds. The van der Waals surface area contributed by atoms with Crippen molar-refractivity contribution in [3.8, 4) is 11.4 Å². The predicted octanol–water partition coefficient (Wildman–Crippen LogP) is 5.48. The fraction of sp³-hybridized carbons (Fsp3) is 0.238. The van der Waals surface area contributed by atoms with Gasteiger partial charge in [0.15, 0.2) is 5.69 Å². The van der Waals surface area contributed by atoms with Gasteiger partial charge in [0.1, 0.15) is 5.75 Å². The molecule has 5 nitrogen and oxygen atoms in total. The Kier molecular flexibility index (Phi) is 7.12. The third-order valence-electron chi connectivity index (χ3n) is 4.55. The van der Waals surface area contributed by atoms with Gasteiger partial charge in [0.2, 0.25) is 0 Å². The number of carbonyl (C=O) groups is 1. The number of aromatic nitrogens is 2. The molecule has 0 aliphatic rings. The van der Waals surface area contributed by atoms with Crippen LogP contribution in [0.4, 0.5) is 35.1 Å². The van der Waals surface area contributed by atoms with Gasteiger partial charge in [0, 0.05) is 6.54 Å². The van der Waals surface area contributed by atoms with E-state index >= 15 is 0 Å². The van der Waals surface area contributed by atoms with Crippen LogP contribution in [0.2, 0.25) is 0 Å². The molecule has 1 heterocycles. The van der Waals surface area contributed by atoms with Crippen molar-refractivity contribution >= 4 is 5.91 Å². The molecule has 1 N–H and O–H groups in total. The summed E-state index contributed by atoms with van der Waals surface area (Å²) >= 11 is 0. The van der Waals surface area contributed by atoms with Crippen molar-refractivity contribution in [3.05, 3.63) is 77.1 Å². The van der Waals surface area contributed by atoms with Crippen LogP contribution >= 0.6 is 0 Å². The number of nitrogens with zero attached hydrogens (tertiary/aromatic N) is 2. The Bertz CT molecular complexity index is 1140. The van der Waals surface area contributed by atoms with Gasteiger partial charge in [-0.15, -0.1) is 0 Å². The van der Waals surface area contributed by atoms with Crippen molar-refractivity contribution in [2.45, 2.75) is 25.4 Å². The first kappa shape index (κ1) is 25.0. The highest BCUT2D eigenvalue weighted by Gasteiger charge is 2.41. The minimum atomic E-state index is -5.10. The van der Waals surface area contributed by atoms with Gasteiger partial charge in [-0.3, -0.25) is 4.79 Å². The van der Waals surface area contributed by atoms with Gasteiger partial charge >= 0.3 is 19.0 Å². The van der Waals surface area contributed by atoms with Crippen LogP contribution in [0.15, 0.2) is 54.7 Å². The van der Waals surface area contributed by atoms with Gasteiger partial charge < -0.3 is 10.1 Å². The molecule has 3 rings (SSSR count). The van der Waals surface area contributed by atoms with Crippen molar-refractivity contribution in [3.63, 3.8) is 0 Å². The van der Waals surface area contributed by atoms with Crippen molar-refractivity contribution < 1.29 is 44.7 Å². The van der Waals surface area contributed by atoms with E-state index in [9.17, 15) is 39.9 Å². The van der Waals surface area contributed by atoms with Crippen LogP contribution in [-0.2, 0) is 18.8 Å². The maximum absolute atomic E-state index is 13.7. The molecule has 0 bridgehead atoms. The zero-order chi connectivity index (χ0) is 25.1. The zero-order valence-corrected chi connectivity index (χ0v) is 16.9. The lowest BCUT2D eigenvalue weighted by Gasteiger charge is -2.14. The first-order chi connectivity index (χ1) is 15.9. The van der Waals surface area contributed by atoms with Crippen LogP contribution in [0, 0.1) is 0 Å². The molecule has 3 aromatic rings. The molecule has 1 aromatic heterocycles. The van der Waals surface area contributed by atoms with Crippen LogP contribution in [-0.4, -0.2) is 28.8 Å². The predicted molar refractivity (Wildman–Crippen MR) is 103 cm³/mol. The summed E-state index contributed by atoms with van der Waals surface area (Å²) in [5, 5.41) is 5.77. The lowest BCUT2D eigenvalue weighted by atomic mass is 10.1. The minimum absolute atomic E-state index is 0.0837. The van der Waals surface area contributed by atoms with Gasteiger partial charge in [-0.05, 0) is 42.3 Å². The number of ether oxygens (including phenoxy) is 1. The Morgan fingerprint density at radius 2 is 1.68 bits per heavy atom. The van der Waals surface area contributed by atoms with E-state index in [1.807, 2.05) is 0 Å². The van der Waals surface area contributed by atoms with Gasteiger partial charge in [0.05, 0.1) is 23.0 Å².